The second-order valence-corrected chi connectivity index (χ2v) is 4.97. The van der Waals surface area contributed by atoms with Gasteiger partial charge in [0.1, 0.15) is 5.75 Å². The van der Waals surface area contributed by atoms with Gasteiger partial charge in [-0.3, -0.25) is 4.79 Å². The first-order chi connectivity index (χ1) is 8.60. The Morgan fingerprint density at radius 2 is 2.28 bits per heavy atom. The van der Waals surface area contributed by atoms with Crippen LogP contribution >= 0.6 is 11.3 Å². The van der Waals surface area contributed by atoms with Crippen LogP contribution in [0.5, 0.6) is 5.75 Å². The van der Waals surface area contributed by atoms with Crippen molar-refractivity contribution in [3.8, 4) is 5.75 Å². The minimum Gasteiger partial charge on any atom is -0.497 e. The van der Waals surface area contributed by atoms with E-state index in [0.717, 1.165) is 10.7 Å². The predicted octanol–water partition coefficient (Wildman–Crippen LogP) is 2.47. The number of rotatable bonds is 4. The molecule has 0 atom stereocenters. The van der Waals surface area contributed by atoms with E-state index < -0.39 is 0 Å². The molecular formula is C13H14N2O2S. The second-order valence-electron chi connectivity index (χ2n) is 3.91. The minimum absolute atomic E-state index is 0.0274. The molecule has 0 bridgehead atoms. The molecule has 0 aliphatic rings. The number of carbonyl (C=O) groups excluding carboxylic acids is 1. The van der Waals surface area contributed by atoms with Crippen LogP contribution in [0.25, 0.3) is 0 Å². The van der Waals surface area contributed by atoms with Crippen LogP contribution in [0.4, 0.5) is 5.69 Å². The Balaban J connectivity index is 2.18. The molecule has 2 aromatic rings. The van der Waals surface area contributed by atoms with Gasteiger partial charge in [0.25, 0.3) is 0 Å². The van der Waals surface area contributed by atoms with Gasteiger partial charge in [-0.25, -0.2) is 4.98 Å². The Morgan fingerprint density at radius 1 is 1.50 bits per heavy atom. The zero-order valence-corrected chi connectivity index (χ0v) is 11.1. The fourth-order valence-corrected chi connectivity index (χ4v) is 2.28. The molecule has 5 heteroatoms. The number of thiazole rings is 1. The average molecular weight is 262 g/mol. The van der Waals surface area contributed by atoms with Crippen LogP contribution in [0.3, 0.4) is 0 Å². The van der Waals surface area contributed by atoms with Crippen molar-refractivity contribution in [1.82, 2.24) is 4.98 Å². The highest BCUT2D eigenvalue weighted by Gasteiger charge is 2.12. The van der Waals surface area contributed by atoms with Gasteiger partial charge < -0.3 is 10.5 Å². The number of hydrogen-bond donors (Lipinski definition) is 1. The topological polar surface area (TPSA) is 65.2 Å². The maximum atomic E-state index is 12.1. The molecule has 0 fully saturated rings. The van der Waals surface area contributed by atoms with Gasteiger partial charge in [-0.1, -0.05) is 0 Å². The lowest BCUT2D eigenvalue weighted by atomic mass is 10.0. The van der Waals surface area contributed by atoms with Gasteiger partial charge in [0.2, 0.25) is 0 Å². The van der Waals surface area contributed by atoms with Crippen molar-refractivity contribution in [2.24, 2.45) is 0 Å². The zero-order valence-electron chi connectivity index (χ0n) is 10.3. The van der Waals surface area contributed by atoms with E-state index in [1.165, 1.54) is 11.3 Å². The highest BCUT2D eigenvalue weighted by molar-refractivity contribution is 7.09. The third-order valence-electron chi connectivity index (χ3n) is 2.57. The quantitative estimate of drug-likeness (QED) is 0.679. The van der Waals surface area contributed by atoms with Crippen LogP contribution in [0.2, 0.25) is 0 Å². The normalized spacial score (nSPS) is 10.3. The van der Waals surface area contributed by atoms with Crippen molar-refractivity contribution in [3.63, 3.8) is 0 Å². The first-order valence-electron chi connectivity index (χ1n) is 5.48. The fraction of sp³-hybridized carbons (Fsp3) is 0.231. The van der Waals surface area contributed by atoms with Gasteiger partial charge in [-0.05, 0) is 19.1 Å². The Hall–Kier alpha value is -1.88. The number of nitrogen functional groups attached to an aromatic ring is 1. The highest BCUT2D eigenvalue weighted by Crippen LogP contribution is 2.21. The summed E-state index contributed by atoms with van der Waals surface area (Å²) >= 11 is 1.54. The summed E-state index contributed by atoms with van der Waals surface area (Å²) in [7, 11) is 1.56. The number of carbonyl (C=O) groups is 1. The molecule has 94 valence electrons. The number of anilines is 1. The summed E-state index contributed by atoms with van der Waals surface area (Å²) in [5.41, 5.74) is 7.58. The summed E-state index contributed by atoms with van der Waals surface area (Å²) in [4.78, 5) is 16.4. The number of aryl methyl sites for hydroxylation is 1. The first kappa shape index (κ1) is 12.6. The molecule has 0 aliphatic heterocycles. The molecule has 1 aromatic heterocycles. The number of Topliss-reactive ketones (excluding diaryl/α,β-unsaturated/α-hetero) is 1. The molecule has 18 heavy (non-hydrogen) atoms. The molecule has 2 N–H and O–H groups in total. The molecule has 0 aliphatic carbocycles. The molecule has 0 amide bonds. The Labute approximate surface area is 109 Å². The number of methoxy groups -OCH3 is 1. The van der Waals surface area contributed by atoms with E-state index in [1.807, 2.05) is 12.3 Å². The summed E-state index contributed by atoms with van der Waals surface area (Å²) in [6, 6.07) is 5.07. The SMILES string of the molecule is COc1ccc(C(=O)Cc2csc(C)n2)c(N)c1. The number of benzene rings is 1. The van der Waals surface area contributed by atoms with Crippen LogP contribution in [-0.4, -0.2) is 17.9 Å². The number of hydrogen-bond acceptors (Lipinski definition) is 5. The van der Waals surface area contributed by atoms with E-state index >= 15 is 0 Å². The van der Waals surface area contributed by atoms with Gasteiger partial charge >= 0.3 is 0 Å². The second kappa shape index (κ2) is 5.18. The van der Waals surface area contributed by atoms with Gasteiger partial charge in [-0.2, -0.15) is 0 Å². The monoisotopic (exact) mass is 262 g/mol. The van der Waals surface area contributed by atoms with Crippen molar-refractivity contribution >= 4 is 22.8 Å². The standard InChI is InChI=1S/C13H14N2O2S/c1-8-15-9(7-18-8)5-13(16)11-4-3-10(17-2)6-12(11)14/h3-4,6-7H,5,14H2,1-2H3. The Morgan fingerprint density at radius 3 is 2.83 bits per heavy atom. The molecule has 1 heterocycles. The molecule has 4 nitrogen and oxygen atoms in total. The molecule has 0 spiro atoms. The third kappa shape index (κ3) is 2.68. The smallest absolute Gasteiger partial charge is 0.170 e. The largest absolute Gasteiger partial charge is 0.497 e. The molecule has 0 radical (unpaired) electrons. The third-order valence-corrected chi connectivity index (χ3v) is 3.39. The maximum Gasteiger partial charge on any atom is 0.170 e. The molecule has 0 saturated heterocycles. The fourth-order valence-electron chi connectivity index (χ4n) is 1.67. The van der Waals surface area contributed by atoms with E-state index in [2.05, 4.69) is 4.98 Å². The maximum absolute atomic E-state index is 12.1. The predicted molar refractivity (Wildman–Crippen MR) is 72.3 cm³/mol. The molecular weight excluding hydrogens is 248 g/mol. The number of aromatic nitrogens is 1. The molecule has 1 aromatic carbocycles. The summed E-state index contributed by atoms with van der Waals surface area (Å²) in [5.74, 6) is 0.619. The van der Waals surface area contributed by atoms with Crippen molar-refractivity contribution < 1.29 is 9.53 Å². The Kier molecular flexibility index (Phi) is 3.62. The number of ether oxygens (including phenoxy) is 1. The van der Waals surface area contributed by atoms with Crippen LogP contribution in [0, 0.1) is 6.92 Å². The highest BCUT2D eigenvalue weighted by atomic mass is 32.1. The lowest BCUT2D eigenvalue weighted by Crippen LogP contribution is -2.07. The van der Waals surface area contributed by atoms with Gasteiger partial charge in [0, 0.05) is 22.7 Å². The molecule has 0 saturated carbocycles. The van der Waals surface area contributed by atoms with E-state index in [0.29, 0.717) is 17.0 Å². The van der Waals surface area contributed by atoms with Crippen LogP contribution in [-0.2, 0) is 6.42 Å². The summed E-state index contributed by atoms with van der Waals surface area (Å²) in [6.45, 7) is 1.92. The van der Waals surface area contributed by atoms with E-state index in [1.54, 1.807) is 25.3 Å². The van der Waals surface area contributed by atoms with Crippen molar-refractivity contribution in [2.75, 3.05) is 12.8 Å². The lowest BCUT2D eigenvalue weighted by molar-refractivity contribution is 0.0993. The average Bonchev–Trinajstić information content (AvgIpc) is 2.74. The van der Waals surface area contributed by atoms with Crippen LogP contribution < -0.4 is 10.5 Å². The minimum atomic E-state index is -0.0274. The van der Waals surface area contributed by atoms with E-state index in [4.69, 9.17) is 10.5 Å². The lowest BCUT2D eigenvalue weighted by Gasteiger charge is -2.06. The van der Waals surface area contributed by atoms with E-state index in [-0.39, 0.29) is 12.2 Å². The number of nitrogens with two attached hydrogens (primary N) is 1. The van der Waals surface area contributed by atoms with Crippen molar-refractivity contribution in [2.45, 2.75) is 13.3 Å². The van der Waals surface area contributed by atoms with Crippen molar-refractivity contribution in [3.05, 3.63) is 39.8 Å². The summed E-state index contributed by atoms with van der Waals surface area (Å²) < 4.78 is 5.05. The summed E-state index contributed by atoms with van der Waals surface area (Å²) in [6.07, 6.45) is 0.279. The van der Waals surface area contributed by atoms with Gasteiger partial charge in [0.15, 0.2) is 5.78 Å². The van der Waals surface area contributed by atoms with Gasteiger partial charge in [-0.15, -0.1) is 11.3 Å². The van der Waals surface area contributed by atoms with Gasteiger partial charge in [0.05, 0.1) is 24.2 Å². The molecule has 0 unspecified atom stereocenters. The van der Waals surface area contributed by atoms with Crippen molar-refractivity contribution in [1.29, 1.82) is 0 Å². The summed E-state index contributed by atoms with van der Waals surface area (Å²) in [5, 5.41) is 2.85. The van der Waals surface area contributed by atoms with Crippen LogP contribution in [0.15, 0.2) is 23.6 Å². The first-order valence-corrected chi connectivity index (χ1v) is 6.36. The van der Waals surface area contributed by atoms with E-state index in [9.17, 15) is 4.79 Å². The zero-order chi connectivity index (χ0) is 13.1. The number of nitrogens with zero attached hydrogens (tertiary/aromatic N) is 1. The molecule has 2 rings (SSSR count). The Bertz CT molecular complexity index is 578. The number of ketones is 1. The van der Waals surface area contributed by atoms with Crippen LogP contribution in [0.1, 0.15) is 21.1 Å².